The topological polar surface area (TPSA) is 55.4 Å². The lowest BCUT2D eigenvalue weighted by Gasteiger charge is -2.16. The van der Waals surface area contributed by atoms with Gasteiger partial charge in [-0.25, -0.2) is 8.42 Å². The Bertz CT molecular complexity index is 255. The summed E-state index contributed by atoms with van der Waals surface area (Å²) in [5.41, 5.74) is 0. The number of thioether (sulfide) groups is 1. The van der Waals surface area contributed by atoms with Gasteiger partial charge in [-0.15, -0.1) is 0 Å². The molecule has 6 heteroatoms. The van der Waals surface area contributed by atoms with Gasteiger partial charge in [0.05, 0.1) is 12.4 Å². The van der Waals surface area contributed by atoms with E-state index in [-0.39, 0.29) is 5.75 Å². The monoisotopic (exact) mass is 269 g/mol. The van der Waals surface area contributed by atoms with Gasteiger partial charge in [0.15, 0.2) is 0 Å². The van der Waals surface area contributed by atoms with E-state index in [9.17, 15) is 8.42 Å². The second kappa shape index (κ2) is 9.27. The number of hydrogen-bond acceptors (Lipinski definition) is 5. The Morgan fingerprint density at radius 3 is 2.62 bits per heavy atom. The van der Waals surface area contributed by atoms with Crippen molar-refractivity contribution in [2.45, 2.75) is 19.4 Å². The molecule has 0 rings (SSSR count). The van der Waals surface area contributed by atoms with E-state index in [1.807, 2.05) is 0 Å². The number of methoxy groups -OCH3 is 1. The van der Waals surface area contributed by atoms with Gasteiger partial charge in [0, 0.05) is 30.9 Å². The summed E-state index contributed by atoms with van der Waals surface area (Å²) in [7, 11) is -1.14. The van der Waals surface area contributed by atoms with Crippen LogP contribution in [0.15, 0.2) is 0 Å². The van der Waals surface area contributed by atoms with Crippen molar-refractivity contribution in [3.63, 3.8) is 0 Å². The first-order valence-electron chi connectivity index (χ1n) is 5.47. The van der Waals surface area contributed by atoms with Crippen LogP contribution in [0.3, 0.4) is 0 Å². The normalized spacial score (nSPS) is 13.9. The third-order valence-electron chi connectivity index (χ3n) is 1.97. The first-order valence-corrected chi connectivity index (χ1v) is 8.69. The Balaban J connectivity index is 3.66. The average molecular weight is 269 g/mol. The lowest BCUT2D eigenvalue weighted by atomic mass is 10.3. The van der Waals surface area contributed by atoms with Crippen molar-refractivity contribution in [1.29, 1.82) is 0 Å². The van der Waals surface area contributed by atoms with Crippen LogP contribution in [-0.2, 0) is 14.6 Å². The number of ether oxygens (including phenoxy) is 1. The molecule has 0 aromatic heterocycles. The Labute approximate surface area is 103 Å². The van der Waals surface area contributed by atoms with Crippen molar-refractivity contribution in [2.24, 2.45) is 0 Å². The molecule has 16 heavy (non-hydrogen) atoms. The average Bonchev–Trinajstić information content (AvgIpc) is 2.19. The second-order valence-corrected chi connectivity index (χ2v) is 7.22. The molecule has 0 radical (unpaired) electrons. The van der Waals surface area contributed by atoms with E-state index < -0.39 is 9.84 Å². The lowest BCUT2D eigenvalue weighted by molar-refractivity contribution is 0.174. The van der Waals surface area contributed by atoms with E-state index in [1.165, 1.54) is 6.26 Å². The molecule has 0 aliphatic heterocycles. The zero-order valence-electron chi connectivity index (χ0n) is 10.4. The molecule has 98 valence electrons. The Kier molecular flexibility index (Phi) is 9.40. The Morgan fingerprint density at radius 2 is 2.12 bits per heavy atom. The summed E-state index contributed by atoms with van der Waals surface area (Å²) in [5, 5.41) is 3.37. The second-order valence-electron chi connectivity index (χ2n) is 3.81. The highest BCUT2D eigenvalue weighted by atomic mass is 32.2. The Morgan fingerprint density at radius 1 is 1.44 bits per heavy atom. The van der Waals surface area contributed by atoms with Gasteiger partial charge in [0.25, 0.3) is 0 Å². The van der Waals surface area contributed by atoms with Gasteiger partial charge < -0.3 is 10.1 Å². The van der Waals surface area contributed by atoms with E-state index >= 15 is 0 Å². The number of sulfone groups is 1. The predicted octanol–water partition coefficient (Wildman–Crippen LogP) is 0.779. The van der Waals surface area contributed by atoms with E-state index in [1.54, 1.807) is 18.9 Å². The molecule has 0 bridgehead atoms. The third kappa shape index (κ3) is 10.7. The summed E-state index contributed by atoms with van der Waals surface area (Å²) in [5.74, 6) is 1.81. The Hall–Kier alpha value is 0.220. The van der Waals surface area contributed by atoms with E-state index in [0.29, 0.717) is 18.4 Å². The summed E-state index contributed by atoms with van der Waals surface area (Å²) in [6.07, 6.45) is 2.36. The summed E-state index contributed by atoms with van der Waals surface area (Å²) in [6.45, 7) is 3.76. The highest BCUT2D eigenvalue weighted by molar-refractivity contribution is 8.00. The molecule has 0 aliphatic carbocycles. The van der Waals surface area contributed by atoms with Crippen LogP contribution < -0.4 is 5.32 Å². The van der Waals surface area contributed by atoms with Crippen molar-refractivity contribution < 1.29 is 13.2 Å². The maximum Gasteiger partial charge on any atom is 0.148 e. The molecule has 0 saturated heterocycles. The number of rotatable bonds is 10. The van der Waals surface area contributed by atoms with Gasteiger partial charge in [-0.1, -0.05) is 6.92 Å². The molecule has 0 spiro atoms. The molecule has 0 fully saturated rings. The van der Waals surface area contributed by atoms with Crippen molar-refractivity contribution in [2.75, 3.05) is 43.8 Å². The van der Waals surface area contributed by atoms with Gasteiger partial charge >= 0.3 is 0 Å². The molecular weight excluding hydrogens is 246 g/mol. The van der Waals surface area contributed by atoms with Gasteiger partial charge in [-0.05, 0) is 13.0 Å². The van der Waals surface area contributed by atoms with Crippen molar-refractivity contribution in [3.8, 4) is 0 Å². The van der Waals surface area contributed by atoms with Crippen molar-refractivity contribution in [1.82, 2.24) is 5.32 Å². The van der Waals surface area contributed by atoms with Crippen LogP contribution >= 0.6 is 11.8 Å². The molecule has 4 nitrogen and oxygen atoms in total. The zero-order chi connectivity index (χ0) is 12.4. The number of nitrogens with one attached hydrogen (secondary N) is 1. The predicted molar refractivity (Wildman–Crippen MR) is 71.0 cm³/mol. The maximum atomic E-state index is 10.9. The summed E-state index contributed by atoms with van der Waals surface area (Å²) >= 11 is 1.66. The van der Waals surface area contributed by atoms with Gasteiger partial charge in [-0.2, -0.15) is 11.8 Å². The highest BCUT2D eigenvalue weighted by Crippen LogP contribution is 2.04. The van der Waals surface area contributed by atoms with Crippen LogP contribution in [0.1, 0.15) is 13.3 Å². The van der Waals surface area contributed by atoms with Gasteiger partial charge in [0.2, 0.25) is 0 Å². The minimum Gasteiger partial charge on any atom is -0.383 e. The van der Waals surface area contributed by atoms with E-state index in [4.69, 9.17) is 4.74 Å². The first-order chi connectivity index (χ1) is 7.49. The van der Waals surface area contributed by atoms with Gasteiger partial charge in [-0.3, -0.25) is 0 Å². The number of hydrogen-bond donors (Lipinski definition) is 1. The fraction of sp³-hybridized carbons (Fsp3) is 1.00. The molecule has 0 heterocycles. The fourth-order valence-electron chi connectivity index (χ4n) is 1.15. The third-order valence-corrected chi connectivity index (χ3v) is 4.30. The van der Waals surface area contributed by atoms with E-state index in [2.05, 4.69) is 12.2 Å². The highest BCUT2D eigenvalue weighted by Gasteiger charge is 2.08. The zero-order valence-corrected chi connectivity index (χ0v) is 12.0. The molecule has 1 atom stereocenters. The standard InChI is InChI=1S/C10H23NO3S2/c1-4-5-11-10(8-14-2)9-15-6-7-16(3,12)13/h10-11H,4-9H2,1-3H3. The molecule has 0 amide bonds. The van der Waals surface area contributed by atoms with E-state index in [0.717, 1.165) is 18.7 Å². The molecule has 1 unspecified atom stereocenters. The molecule has 0 saturated carbocycles. The lowest BCUT2D eigenvalue weighted by Crippen LogP contribution is -2.36. The summed E-state index contributed by atoms with van der Waals surface area (Å²) < 4.78 is 26.9. The molecule has 0 aliphatic rings. The van der Waals surface area contributed by atoms with Crippen LogP contribution in [0.4, 0.5) is 0 Å². The molecule has 0 aromatic rings. The maximum absolute atomic E-state index is 10.9. The van der Waals surface area contributed by atoms with Crippen LogP contribution in [-0.4, -0.2) is 58.2 Å². The quantitative estimate of drug-likeness (QED) is 0.594. The largest absolute Gasteiger partial charge is 0.383 e. The summed E-state index contributed by atoms with van der Waals surface area (Å²) in [6, 6.07) is 0.314. The molecule has 1 N–H and O–H groups in total. The molecular formula is C10H23NO3S2. The molecule has 0 aromatic carbocycles. The fourth-order valence-corrected chi connectivity index (χ4v) is 3.50. The van der Waals surface area contributed by atoms with Crippen LogP contribution in [0.25, 0.3) is 0 Å². The minimum absolute atomic E-state index is 0.255. The smallest absolute Gasteiger partial charge is 0.148 e. The van der Waals surface area contributed by atoms with Gasteiger partial charge in [0.1, 0.15) is 9.84 Å². The summed E-state index contributed by atoms with van der Waals surface area (Å²) in [4.78, 5) is 0. The van der Waals surface area contributed by atoms with Crippen molar-refractivity contribution in [3.05, 3.63) is 0 Å². The van der Waals surface area contributed by atoms with Crippen LogP contribution in [0, 0.1) is 0 Å². The SMILES string of the molecule is CCCNC(COC)CSCCS(C)(=O)=O. The van der Waals surface area contributed by atoms with Crippen molar-refractivity contribution >= 4 is 21.6 Å². The minimum atomic E-state index is -2.82. The van der Waals surface area contributed by atoms with Crippen LogP contribution in [0.5, 0.6) is 0 Å². The first kappa shape index (κ1) is 16.2. The van der Waals surface area contributed by atoms with Crippen LogP contribution in [0.2, 0.25) is 0 Å².